The number of piperidine rings is 1. The van der Waals surface area contributed by atoms with Crippen LogP contribution in [-0.2, 0) is 4.57 Å². The zero-order chi connectivity index (χ0) is 18.5. The van der Waals surface area contributed by atoms with Crippen LogP contribution in [0, 0.1) is 29.1 Å². The van der Waals surface area contributed by atoms with Gasteiger partial charge in [-0.1, -0.05) is 0 Å². The minimum Gasteiger partial charge on any atom is -0.484 e. The van der Waals surface area contributed by atoms with Crippen LogP contribution in [0.3, 0.4) is 0 Å². The molecule has 140 valence electrons. The van der Waals surface area contributed by atoms with Crippen molar-refractivity contribution in [2.45, 2.75) is 43.9 Å². The van der Waals surface area contributed by atoms with Crippen LogP contribution >= 0.6 is 7.14 Å². The number of ether oxygens (including phenoxy) is 1. The van der Waals surface area contributed by atoms with E-state index in [1.54, 1.807) is 13.3 Å². The summed E-state index contributed by atoms with van der Waals surface area (Å²) in [5.74, 6) is -11.3. The van der Waals surface area contributed by atoms with Crippen LogP contribution in [0.25, 0.3) is 0 Å². The van der Waals surface area contributed by atoms with E-state index in [0.717, 1.165) is 12.8 Å². The first kappa shape index (κ1) is 18.6. The van der Waals surface area contributed by atoms with Gasteiger partial charge in [-0.2, -0.15) is 8.78 Å². The van der Waals surface area contributed by atoms with E-state index in [1.165, 1.54) is 0 Å². The highest BCUT2D eigenvalue weighted by Gasteiger charge is 2.43. The predicted molar refractivity (Wildman–Crippen MR) is 82.9 cm³/mol. The van der Waals surface area contributed by atoms with Crippen molar-refractivity contribution in [3.05, 3.63) is 29.1 Å². The lowest BCUT2D eigenvalue weighted by Crippen LogP contribution is -2.46. The van der Waals surface area contributed by atoms with E-state index in [1.807, 2.05) is 0 Å². The van der Waals surface area contributed by atoms with E-state index < -0.39 is 48.1 Å². The van der Waals surface area contributed by atoms with Gasteiger partial charge in [0, 0.05) is 12.1 Å². The molecular formula is C16H19F5NO2P. The first-order valence-electron chi connectivity index (χ1n) is 8.06. The first-order chi connectivity index (χ1) is 11.6. The summed E-state index contributed by atoms with van der Waals surface area (Å²) in [6.07, 6.45) is 2.28. The van der Waals surface area contributed by atoms with Crippen molar-refractivity contribution in [1.29, 1.82) is 0 Å². The summed E-state index contributed by atoms with van der Waals surface area (Å²) in [6, 6.07) is 0.0801. The van der Waals surface area contributed by atoms with Crippen molar-refractivity contribution in [3.8, 4) is 5.75 Å². The van der Waals surface area contributed by atoms with Gasteiger partial charge in [-0.05, 0) is 39.0 Å². The van der Waals surface area contributed by atoms with Gasteiger partial charge in [-0.25, -0.2) is 13.2 Å². The molecular weight excluding hydrogens is 364 g/mol. The van der Waals surface area contributed by atoms with E-state index >= 15 is 0 Å². The highest BCUT2D eigenvalue weighted by atomic mass is 31.2. The van der Waals surface area contributed by atoms with E-state index in [2.05, 4.69) is 4.90 Å². The van der Waals surface area contributed by atoms with Gasteiger partial charge in [0.1, 0.15) is 6.10 Å². The van der Waals surface area contributed by atoms with Crippen molar-refractivity contribution in [2.75, 3.05) is 19.6 Å². The quantitative estimate of drug-likeness (QED) is 0.335. The SMILES string of the molecule is CP(C)(=O)CN1[C@@H]2CC[C@H]1C[C@@H](Oc1c(F)c(F)c(F)c(F)c1F)C2. The summed E-state index contributed by atoms with van der Waals surface area (Å²) >= 11 is 0. The number of nitrogens with zero attached hydrogens (tertiary/aromatic N) is 1. The lowest BCUT2D eigenvalue weighted by atomic mass is 10.0. The van der Waals surface area contributed by atoms with Gasteiger partial charge in [0.2, 0.25) is 29.1 Å². The Balaban J connectivity index is 1.78. The maximum absolute atomic E-state index is 13.8. The minimum absolute atomic E-state index is 0.0400. The molecule has 2 fully saturated rings. The summed E-state index contributed by atoms with van der Waals surface area (Å²) in [5, 5.41) is 0. The molecule has 3 nitrogen and oxygen atoms in total. The molecule has 0 radical (unpaired) electrons. The van der Waals surface area contributed by atoms with Crippen LogP contribution in [0.15, 0.2) is 0 Å². The average Bonchev–Trinajstić information content (AvgIpc) is 2.76. The molecule has 2 saturated heterocycles. The van der Waals surface area contributed by atoms with Crippen LogP contribution in [-0.4, -0.2) is 42.7 Å². The molecule has 3 atom stereocenters. The number of fused-ring (bicyclic) bond motifs is 2. The Labute approximate surface area is 142 Å². The number of rotatable bonds is 4. The van der Waals surface area contributed by atoms with Crippen LogP contribution < -0.4 is 4.74 Å². The van der Waals surface area contributed by atoms with Crippen molar-refractivity contribution < 1.29 is 31.3 Å². The van der Waals surface area contributed by atoms with Gasteiger partial charge in [0.05, 0.1) is 13.4 Å². The molecule has 0 spiro atoms. The van der Waals surface area contributed by atoms with Crippen molar-refractivity contribution in [2.24, 2.45) is 0 Å². The van der Waals surface area contributed by atoms with Gasteiger partial charge in [0.15, 0.2) is 5.75 Å². The minimum atomic E-state index is -2.27. The Kier molecular flexibility index (Phi) is 4.88. The highest BCUT2D eigenvalue weighted by Crippen LogP contribution is 2.45. The molecule has 2 aliphatic heterocycles. The van der Waals surface area contributed by atoms with Crippen molar-refractivity contribution in [1.82, 2.24) is 4.90 Å². The molecule has 0 N–H and O–H groups in total. The van der Waals surface area contributed by atoms with E-state index in [0.29, 0.717) is 19.1 Å². The molecule has 1 aromatic rings. The molecule has 3 rings (SSSR count). The Morgan fingerprint density at radius 1 is 0.920 bits per heavy atom. The van der Waals surface area contributed by atoms with Gasteiger partial charge < -0.3 is 9.30 Å². The van der Waals surface area contributed by atoms with Crippen LogP contribution in [0.1, 0.15) is 25.7 Å². The maximum atomic E-state index is 13.8. The zero-order valence-corrected chi connectivity index (χ0v) is 14.8. The molecule has 1 aromatic carbocycles. The third kappa shape index (κ3) is 3.56. The molecule has 2 bridgehead atoms. The number of hydrogen-bond donors (Lipinski definition) is 0. The Morgan fingerprint density at radius 3 is 1.80 bits per heavy atom. The summed E-state index contributed by atoms with van der Waals surface area (Å²) in [7, 11) is -2.27. The topological polar surface area (TPSA) is 29.5 Å². The number of benzene rings is 1. The average molecular weight is 383 g/mol. The van der Waals surface area contributed by atoms with E-state index in [9.17, 15) is 26.5 Å². The molecule has 0 aliphatic carbocycles. The Hall–Kier alpha value is -1.14. The lowest BCUT2D eigenvalue weighted by Gasteiger charge is -2.39. The smallest absolute Gasteiger partial charge is 0.207 e. The van der Waals surface area contributed by atoms with E-state index in [4.69, 9.17) is 4.74 Å². The summed E-state index contributed by atoms with van der Waals surface area (Å²) in [6.45, 7) is 3.40. The lowest BCUT2D eigenvalue weighted by molar-refractivity contribution is 0.0543. The van der Waals surface area contributed by atoms with Gasteiger partial charge in [-0.15, -0.1) is 0 Å². The third-order valence-corrected chi connectivity index (χ3v) is 5.81. The fourth-order valence-electron chi connectivity index (χ4n) is 3.80. The monoisotopic (exact) mass is 383 g/mol. The fraction of sp³-hybridized carbons (Fsp3) is 0.625. The number of halogens is 5. The zero-order valence-electron chi connectivity index (χ0n) is 13.9. The molecule has 2 aliphatic rings. The summed E-state index contributed by atoms with van der Waals surface area (Å²) < 4.78 is 84.5. The Morgan fingerprint density at radius 2 is 1.36 bits per heavy atom. The first-order valence-corrected chi connectivity index (χ1v) is 10.8. The second-order valence-corrected chi connectivity index (χ2v) is 10.7. The van der Waals surface area contributed by atoms with Crippen LogP contribution in [0.4, 0.5) is 22.0 Å². The van der Waals surface area contributed by atoms with Crippen LogP contribution in [0.2, 0.25) is 0 Å². The normalized spacial score (nSPS) is 26.9. The summed E-state index contributed by atoms with van der Waals surface area (Å²) in [5.41, 5.74) is 0. The molecule has 0 aromatic heterocycles. The Bertz CT molecular complexity index is 695. The molecule has 0 unspecified atom stereocenters. The fourth-order valence-corrected chi connectivity index (χ4v) is 5.05. The molecule has 25 heavy (non-hydrogen) atoms. The van der Waals surface area contributed by atoms with Gasteiger partial charge in [0.25, 0.3) is 0 Å². The maximum Gasteiger partial charge on any atom is 0.207 e. The molecule has 9 heteroatoms. The summed E-state index contributed by atoms with van der Waals surface area (Å²) in [4.78, 5) is 2.12. The van der Waals surface area contributed by atoms with Gasteiger partial charge in [-0.3, -0.25) is 4.90 Å². The third-order valence-electron chi connectivity index (χ3n) is 4.80. The van der Waals surface area contributed by atoms with Crippen molar-refractivity contribution >= 4 is 7.14 Å². The van der Waals surface area contributed by atoms with Crippen molar-refractivity contribution in [3.63, 3.8) is 0 Å². The second kappa shape index (κ2) is 6.54. The number of hydrogen-bond acceptors (Lipinski definition) is 3. The highest BCUT2D eigenvalue weighted by molar-refractivity contribution is 7.62. The van der Waals surface area contributed by atoms with Gasteiger partial charge >= 0.3 is 0 Å². The molecule has 0 saturated carbocycles. The largest absolute Gasteiger partial charge is 0.484 e. The molecule has 0 amide bonds. The molecule has 2 heterocycles. The van der Waals surface area contributed by atoms with E-state index in [-0.39, 0.29) is 12.1 Å². The predicted octanol–water partition coefficient (Wildman–Crippen LogP) is 4.34. The second-order valence-electron chi connectivity index (χ2n) is 7.22. The standard InChI is InChI=1S/C16H19F5NO2P/c1-25(2,23)7-22-8-3-4-9(22)6-10(5-8)24-16-14(20)12(18)11(17)13(19)15(16)21/h8-10H,3-7H2,1-2H3/t8-,9+,10+. The van der Waals surface area contributed by atoms with Crippen LogP contribution in [0.5, 0.6) is 5.75 Å².